The van der Waals surface area contributed by atoms with Crippen LogP contribution in [0, 0.1) is 5.82 Å². The number of rotatable bonds is 4. The molecule has 0 unspecified atom stereocenters. The Hall–Kier alpha value is -1.33. The van der Waals surface area contributed by atoms with Crippen molar-refractivity contribution in [1.29, 1.82) is 0 Å². The van der Waals surface area contributed by atoms with E-state index in [2.05, 4.69) is 10.6 Å². The maximum absolute atomic E-state index is 13.2. The van der Waals surface area contributed by atoms with Crippen LogP contribution in [0.25, 0.3) is 0 Å². The molecular weight excluding hydrogens is 319 g/mol. The number of urea groups is 1. The van der Waals surface area contributed by atoms with Gasteiger partial charge in [0.2, 0.25) is 0 Å². The Morgan fingerprint density at radius 2 is 2.00 bits per heavy atom. The van der Waals surface area contributed by atoms with Gasteiger partial charge in [-0.3, -0.25) is 0 Å². The third-order valence-electron chi connectivity index (χ3n) is 4.98. The molecule has 2 fully saturated rings. The number of aliphatic hydroxyl groups excluding tert-OH is 1. The van der Waals surface area contributed by atoms with Crippen LogP contribution in [-0.4, -0.2) is 29.8 Å². The Morgan fingerprint density at radius 1 is 1.30 bits per heavy atom. The number of nitrogens with one attached hydrogen (secondary N) is 2. The first-order valence-corrected chi connectivity index (χ1v) is 8.54. The van der Waals surface area contributed by atoms with E-state index in [1.54, 1.807) is 6.07 Å². The fraction of sp³-hybridized carbons (Fsp3) is 0.588. The minimum absolute atomic E-state index is 0.128. The van der Waals surface area contributed by atoms with Gasteiger partial charge in [0.15, 0.2) is 0 Å². The molecule has 2 aliphatic rings. The minimum atomic E-state index is -0.347. The predicted molar refractivity (Wildman–Crippen MR) is 87.1 cm³/mol. The van der Waals surface area contributed by atoms with Crippen LogP contribution in [0.15, 0.2) is 18.2 Å². The molecule has 0 aliphatic heterocycles. The number of halogens is 2. The highest BCUT2D eigenvalue weighted by Gasteiger charge is 2.45. The van der Waals surface area contributed by atoms with Crippen molar-refractivity contribution >= 4 is 17.6 Å². The zero-order valence-electron chi connectivity index (χ0n) is 12.9. The molecule has 1 aromatic rings. The van der Waals surface area contributed by atoms with E-state index in [0.29, 0.717) is 11.6 Å². The van der Waals surface area contributed by atoms with Gasteiger partial charge in [0.25, 0.3) is 0 Å². The molecule has 0 spiro atoms. The fourth-order valence-corrected chi connectivity index (χ4v) is 3.69. The minimum Gasteiger partial charge on any atom is -0.393 e. The van der Waals surface area contributed by atoms with Crippen molar-refractivity contribution in [2.45, 2.75) is 56.1 Å². The van der Waals surface area contributed by atoms with Crippen LogP contribution < -0.4 is 10.6 Å². The molecule has 2 aliphatic carbocycles. The van der Waals surface area contributed by atoms with E-state index >= 15 is 0 Å². The van der Waals surface area contributed by atoms with Gasteiger partial charge in [-0.25, -0.2) is 9.18 Å². The molecule has 0 bridgehead atoms. The molecule has 2 amide bonds. The quantitative estimate of drug-likeness (QED) is 0.788. The summed E-state index contributed by atoms with van der Waals surface area (Å²) < 4.78 is 13.2. The van der Waals surface area contributed by atoms with E-state index in [9.17, 15) is 14.3 Å². The SMILES string of the molecule is O=C(NCC1(c2ccc(F)cc2Cl)CC1)NC1CCC(O)CC1. The Bertz CT molecular complexity index is 584. The molecule has 6 heteroatoms. The Balaban J connectivity index is 1.52. The van der Waals surface area contributed by atoms with E-state index < -0.39 is 0 Å². The molecule has 126 valence electrons. The largest absolute Gasteiger partial charge is 0.393 e. The van der Waals surface area contributed by atoms with E-state index in [1.165, 1.54) is 12.1 Å². The lowest BCUT2D eigenvalue weighted by Crippen LogP contribution is -2.46. The summed E-state index contributed by atoms with van der Waals surface area (Å²) in [6, 6.07) is 4.39. The van der Waals surface area contributed by atoms with Gasteiger partial charge < -0.3 is 15.7 Å². The van der Waals surface area contributed by atoms with Crippen molar-refractivity contribution in [2.75, 3.05) is 6.54 Å². The molecule has 23 heavy (non-hydrogen) atoms. The Labute approximate surface area is 140 Å². The van der Waals surface area contributed by atoms with Gasteiger partial charge in [-0.1, -0.05) is 17.7 Å². The molecule has 3 rings (SSSR count). The second-order valence-electron chi connectivity index (χ2n) is 6.74. The van der Waals surface area contributed by atoms with Gasteiger partial charge in [0.05, 0.1) is 6.10 Å². The standard InChI is InChI=1S/C17H22ClFN2O2/c18-15-9-11(19)1-6-14(15)17(7-8-17)10-20-16(23)21-12-2-4-13(22)5-3-12/h1,6,9,12-13,22H,2-5,7-8,10H2,(H2,20,21,23). The van der Waals surface area contributed by atoms with Crippen molar-refractivity contribution in [3.8, 4) is 0 Å². The summed E-state index contributed by atoms with van der Waals surface area (Å²) in [5.41, 5.74) is 0.742. The van der Waals surface area contributed by atoms with E-state index in [0.717, 1.165) is 44.1 Å². The number of aliphatic hydroxyl groups is 1. The van der Waals surface area contributed by atoms with Gasteiger partial charge in [0.1, 0.15) is 5.82 Å². The number of hydrogen-bond donors (Lipinski definition) is 3. The Morgan fingerprint density at radius 3 is 2.61 bits per heavy atom. The van der Waals surface area contributed by atoms with Crippen LogP contribution in [0.3, 0.4) is 0 Å². The molecule has 0 atom stereocenters. The average Bonchev–Trinajstić information content (AvgIpc) is 3.28. The fourth-order valence-electron chi connectivity index (χ4n) is 3.32. The molecule has 0 heterocycles. The molecule has 4 nitrogen and oxygen atoms in total. The van der Waals surface area contributed by atoms with Crippen LogP contribution in [0.5, 0.6) is 0 Å². The predicted octanol–water partition coefficient (Wildman–Crippen LogP) is 3.11. The maximum atomic E-state index is 13.2. The van der Waals surface area contributed by atoms with Crippen molar-refractivity contribution in [3.63, 3.8) is 0 Å². The lowest BCUT2D eigenvalue weighted by Gasteiger charge is -2.26. The van der Waals surface area contributed by atoms with Crippen LogP contribution in [0.4, 0.5) is 9.18 Å². The number of carbonyl (C=O) groups excluding carboxylic acids is 1. The monoisotopic (exact) mass is 340 g/mol. The molecule has 1 aromatic carbocycles. The number of hydrogen-bond acceptors (Lipinski definition) is 2. The van der Waals surface area contributed by atoms with Crippen molar-refractivity contribution in [3.05, 3.63) is 34.6 Å². The van der Waals surface area contributed by atoms with Crippen molar-refractivity contribution < 1.29 is 14.3 Å². The second-order valence-corrected chi connectivity index (χ2v) is 7.14. The van der Waals surface area contributed by atoms with Crippen LogP contribution in [0.2, 0.25) is 5.02 Å². The molecule has 3 N–H and O–H groups in total. The summed E-state index contributed by atoms with van der Waals surface area (Å²) in [5, 5.41) is 15.8. The third-order valence-corrected chi connectivity index (χ3v) is 5.29. The normalized spacial score (nSPS) is 25.7. The molecule has 0 radical (unpaired) electrons. The van der Waals surface area contributed by atoms with Gasteiger partial charge in [0, 0.05) is 23.0 Å². The smallest absolute Gasteiger partial charge is 0.315 e. The lowest BCUT2D eigenvalue weighted by molar-refractivity contribution is 0.117. The lowest BCUT2D eigenvalue weighted by atomic mass is 9.93. The second kappa shape index (κ2) is 6.65. The topological polar surface area (TPSA) is 61.4 Å². The third kappa shape index (κ3) is 3.96. The molecule has 0 aromatic heterocycles. The van der Waals surface area contributed by atoms with Crippen LogP contribution >= 0.6 is 11.6 Å². The van der Waals surface area contributed by atoms with E-state index in [-0.39, 0.29) is 29.4 Å². The summed E-state index contributed by atoms with van der Waals surface area (Å²) in [6.45, 7) is 0.500. The molecule has 0 saturated heterocycles. The van der Waals surface area contributed by atoms with Gasteiger partial charge >= 0.3 is 6.03 Å². The zero-order valence-corrected chi connectivity index (χ0v) is 13.7. The summed E-state index contributed by atoms with van der Waals surface area (Å²) in [5.74, 6) is -0.347. The van der Waals surface area contributed by atoms with Crippen molar-refractivity contribution in [2.24, 2.45) is 0 Å². The summed E-state index contributed by atoms with van der Waals surface area (Å²) in [7, 11) is 0. The number of carbonyl (C=O) groups is 1. The summed E-state index contributed by atoms with van der Waals surface area (Å²) >= 11 is 6.15. The Kier molecular flexibility index (Phi) is 4.78. The zero-order chi connectivity index (χ0) is 16.4. The van der Waals surface area contributed by atoms with Gasteiger partial charge in [-0.05, 0) is 56.2 Å². The first-order valence-electron chi connectivity index (χ1n) is 8.16. The highest BCUT2D eigenvalue weighted by atomic mass is 35.5. The number of amides is 2. The summed E-state index contributed by atoms with van der Waals surface area (Å²) in [6.07, 6.45) is 4.74. The highest BCUT2D eigenvalue weighted by molar-refractivity contribution is 6.31. The summed E-state index contributed by atoms with van der Waals surface area (Å²) in [4.78, 5) is 12.1. The average molecular weight is 341 g/mol. The highest BCUT2D eigenvalue weighted by Crippen LogP contribution is 2.50. The van der Waals surface area contributed by atoms with Crippen LogP contribution in [-0.2, 0) is 5.41 Å². The first kappa shape index (κ1) is 16.5. The number of benzene rings is 1. The van der Waals surface area contributed by atoms with E-state index in [1.807, 2.05) is 0 Å². The molecule has 2 saturated carbocycles. The van der Waals surface area contributed by atoms with E-state index in [4.69, 9.17) is 11.6 Å². The molecular formula is C17H22ClFN2O2. The van der Waals surface area contributed by atoms with Crippen molar-refractivity contribution in [1.82, 2.24) is 10.6 Å². The van der Waals surface area contributed by atoms with Gasteiger partial charge in [-0.2, -0.15) is 0 Å². The first-order chi connectivity index (χ1) is 11.0. The maximum Gasteiger partial charge on any atom is 0.315 e. The van der Waals surface area contributed by atoms with Crippen LogP contribution in [0.1, 0.15) is 44.1 Å². The van der Waals surface area contributed by atoms with Gasteiger partial charge in [-0.15, -0.1) is 0 Å².